The zero-order valence-corrected chi connectivity index (χ0v) is 23.9. The predicted molar refractivity (Wildman–Crippen MR) is 150 cm³/mol. The van der Waals surface area contributed by atoms with Gasteiger partial charge in [-0.05, 0) is 37.7 Å². The Bertz CT molecular complexity index is 543. The van der Waals surface area contributed by atoms with Gasteiger partial charge in [0.05, 0.1) is 6.42 Å². The number of hydrogen-bond acceptors (Lipinski definition) is 4. The van der Waals surface area contributed by atoms with Gasteiger partial charge >= 0.3 is 11.9 Å². The molecule has 0 rings (SSSR count). The first kappa shape index (κ1) is 34.6. The Morgan fingerprint density at radius 3 is 1.69 bits per heavy atom. The number of aliphatic hydroxyl groups is 1. The molecule has 36 heavy (non-hydrogen) atoms. The van der Waals surface area contributed by atoms with E-state index in [1.54, 1.807) is 0 Å². The molecular formula is C31H58O5. The van der Waals surface area contributed by atoms with E-state index in [0.29, 0.717) is 12.3 Å². The molecule has 0 fully saturated rings. The molecule has 0 radical (unpaired) electrons. The summed E-state index contributed by atoms with van der Waals surface area (Å²) in [5.41, 5.74) is 0. The van der Waals surface area contributed by atoms with Crippen molar-refractivity contribution in [1.82, 2.24) is 0 Å². The van der Waals surface area contributed by atoms with Crippen molar-refractivity contribution in [3.63, 3.8) is 0 Å². The van der Waals surface area contributed by atoms with Crippen LogP contribution >= 0.6 is 0 Å². The lowest BCUT2D eigenvalue weighted by molar-refractivity contribution is -0.161. The van der Waals surface area contributed by atoms with Crippen molar-refractivity contribution in [3.8, 4) is 0 Å². The van der Waals surface area contributed by atoms with Gasteiger partial charge in [-0.25, -0.2) is 4.79 Å². The lowest BCUT2D eigenvalue weighted by atomic mass is 10.0. The summed E-state index contributed by atoms with van der Waals surface area (Å²) in [6.45, 7) is 6.70. The van der Waals surface area contributed by atoms with E-state index >= 15 is 0 Å². The highest BCUT2D eigenvalue weighted by molar-refractivity contribution is 5.80. The molecule has 2 atom stereocenters. The molecule has 5 heteroatoms. The molecule has 0 saturated heterocycles. The minimum atomic E-state index is -1.61. The highest BCUT2D eigenvalue weighted by Crippen LogP contribution is 2.16. The van der Waals surface area contributed by atoms with Gasteiger partial charge in [-0.1, -0.05) is 130 Å². The number of carboxylic acids is 1. The number of unbranched alkanes of at least 4 members (excludes halogenated alkanes) is 16. The number of esters is 1. The zero-order chi connectivity index (χ0) is 26.9. The summed E-state index contributed by atoms with van der Waals surface area (Å²) in [6, 6.07) is 0. The van der Waals surface area contributed by atoms with Crippen LogP contribution in [0.4, 0.5) is 0 Å². The average Bonchev–Trinajstić information content (AvgIpc) is 2.82. The highest BCUT2D eigenvalue weighted by Gasteiger charge is 2.22. The fourth-order valence-corrected chi connectivity index (χ4v) is 4.45. The Morgan fingerprint density at radius 1 is 0.722 bits per heavy atom. The van der Waals surface area contributed by atoms with Gasteiger partial charge in [-0.2, -0.15) is 0 Å². The third kappa shape index (κ3) is 24.3. The second-order valence-electron chi connectivity index (χ2n) is 10.9. The summed E-state index contributed by atoms with van der Waals surface area (Å²) >= 11 is 0. The van der Waals surface area contributed by atoms with E-state index in [2.05, 4.69) is 26.8 Å². The number of aliphatic hydroxyl groups excluding tert-OH is 1. The van der Waals surface area contributed by atoms with Gasteiger partial charge in [-0.3, -0.25) is 4.79 Å². The molecule has 0 aliphatic carbocycles. The van der Waals surface area contributed by atoms with Crippen LogP contribution in [0.25, 0.3) is 0 Å². The summed E-state index contributed by atoms with van der Waals surface area (Å²) in [5.74, 6) is -1.36. The standard InChI is InChI=1S/C31H58O5/c1-4-5-6-7-8-9-10-11-12-13-14-15-16-17-18-21-24-28(25-22-19-20-23-27(2)3)36-31(35)29(32)26-30(33)34/h21,24,27-29,32H,4-20,22-23,25-26H2,1-3H3,(H,33,34). The highest BCUT2D eigenvalue weighted by atomic mass is 16.6. The normalized spacial score (nSPS) is 13.4. The number of carbonyl (C=O) groups is 2. The third-order valence-electron chi connectivity index (χ3n) is 6.75. The Kier molecular flexibility index (Phi) is 24.3. The monoisotopic (exact) mass is 510 g/mol. The first-order chi connectivity index (χ1) is 17.4. The van der Waals surface area contributed by atoms with Gasteiger partial charge in [0.25, 0.3) is 0 Å². The average molecular weight is 511 g/mol. The summed E-state index contributed by atoms with van der Waals surface area (Å²) in [4.78, 5) is 22.8. The fraction of sp³-hybridized carbons (Fsp3) is 0.871. The SMILES string of the molecule is CCCCCCCCCCCCCCCCC=CC(CCCCCC(C)C)OC(=O)C(O)CC(=O)O. The van der Waals surface area contributed by atoms with Gasteiger partial charge < -0.3 is 14.9 Å². The Morgan fingerprint density at radius 2 is 1.19 bits per heavy atom. The molecule has 0 spiro atoms. The molecule has 0 saturated carbocycles. The van der Waals surface area contributed by atoms with Crippen molar-refractivity contribution in [2.24, 2.45) is 5.92 Å². The Hall–Kier alpha value is -1.36. The predicted octanol–water partition coefficient (Wildman–Crippen LogP) is 8.77. The van der Waals surface area contributed by atoms with Crippen LogP contribution in [0.2, 0.25) is 0 Å². The largest absolute Gasteiger partial charge is 0.481 e. The topological polar surface area (TPSA) is 83.8 Å². The van der Waals surface area contributed by atoms with Crippen LogP contribution in [0.3, 0.4) is 0 Å². The van der Waals surface area contributed by atoms with Crippen molar-refractivity contribution in [2.75, 3.05) is 0 Å². The van der Waals surface area contributed by atoms with Crippen LogP contribution in [0.1, 0.15) is 156 Å². The summed E-state index contributed by atoms with van der Waals surface area (Å²) in [7, 11) is 0. The van der Waals surface area contributed by atoms with E-state index in [4.69, 9.17) is 9.84 Å². The van der Waals surface area contributed by atoms with E-state index in [1.807, 2.05) is 6.08 Å². The number of rotatable bonds is 26. The molecule has 0 amide bonds. The van der Waals surface area contributed by atoms with Gasteiger partial charge in [0.2, 0.25) is 0 Å². The minimum absolute atomic E-state index is 0.397. The van der Waals surface area contributed by atoms with Gasteiger partial charge in [-0.15, -0.1) is 0 Å². The van der Waals surface area contributed by atoms with E-state index < -0.39 is 30.6 Å². The van der Waals surface area contributed by atoms with Crippen molar-refractivity contribution in [1.29, 1.82) is 0 Å². The third-order valence-corrected chi connectivity index (χ3v) is 6.75. The summed E-state index contributed by atoms with van der Waals surface area (Å²) in [6.07, 6.45) is 26.2. The molecule has 212 valence electrons. The molecule has 2 unspecified atom stereocenters. The number of aliphatic carboxylic acids is 1. The van der Waals surface area contributed by atoms with E-state index in [1.165, 1.54) is 89.9 Å². The van der Waals surface area contributed by atoms with Crippen LogP contribution < -0.4 is 0 Å². The smallest absolute Gasteiger partial charge is 0.336 e. The van der Waals surface area contributed by atoms with Gasteiger partial charge in [0.15, 0.2) is 6.10 Å². The minimum Gasteiger partial charge on any atom is -0.481 e. The van der Waals surface area contributed by atoms with Gasteiger partial charge in [0.1, 0.15) is 6.10 Å². The molecule has 0 aliphatic heterocycles. The lowest BCUT2D eigenvalue weighted by Gasteiger charge is -2.17. The Labute approximate surface area is 222 Å². The molecule has 2 N–H and O–H groups in total. The molecule has 0 aromatic rings. The summed E-state index contributed by atoms with van der Waals surface area (Å²) < 4.78 is 5.43. The molecular weight excluding hydrogens is 452 g/mol. The van der Waals surface area contributed by atoms with Crippen LogP contribution in [0.15, 0.2) is 12.2 Å². The quantitative estimate of drug-likeness (QED) is 0.0690. The molecule has 0 bridgehead atoms. The second-order valence-corrected chi connectivity index (χ2v) is 10.9. The lowest BCUT2D eigenvalue weighted by Crippen LogP contribution is -2.29. The fourth-order valence-electron chi connectivity index (χ4n) is 4.45. The number of carboxylic acid groups (broad SMARTS) is 1. The summed E-state index contributed by atoms with van der Waals surface area (Å²) in [5, 5.41) is 18.5. The second kappa shape index (κ2) is 25.3. The van der Waals surface area contributed by atoms with E-state index in [-0.39, 0.29) is 0 Å². The van der Waals surface area contributed by atoms with Crippen molar-refractivity contribution >= 4 is 11.9 Å². The van der Waals surface area contributed by atoms with Crippen LogP contribution in [0, 0.1) is 5.92 Å². The molecule has 0 aromatic heterocycles. The zero-order valence-electron chi connectivity index (χ0n) is 23.9. The van der Waals surface area contributed by atoms with E-state index in [9.17, 15) is 14.7 Å². The van der Waals surface area contributed by atoms with Gasteiger partial charge in [0, 0.05) is 0 Å². The van der Waals surface area contributed by atoms with Crippen molar-refractivity contribution < 1.29 is 24.5 Å². The van der Waals surface area contributed by atoms with Crippen LogP contribution in [-0.4, -0.2) is 34.4 Å². The number of carbonyl (C=O) groups excluding carboxylic acids is 1. The molecule has 0 heterocycles. The van der Waals surface area contributed by atoms with Crippen LogP contribution in [-0.2, 0) is 14.3 Å². The molecule has 0 aromatic carbocycles. The van der Waals surface area contributed by atoms with E-state index in [0.717, 1.165) is 32.1 Å². The first-order valence-corrected chi connectivity index (χ1v) is 15.1. The van der Waals surface area contributed by atoms with Crippen molar-refractivity contribution in [2.45, 2.75) is 168 Å². The van der Waals surface area contributed by atoms with Crippen LogP contribution in [0.5, 0.6) is 0 Å². The number of ether oxygens (including phenoxy) is 1. The molecule has 5 nitrogen and oxygen atoms in total. The maximum atomic E-state index is 12.1. The molecule has 0 aliphatic rings. The number of hydrogen-bond donors (Lipinski definition) is 2. The maximum absolute atomic E-state index is 12.1. The number of allylic oxidation sites excluding steroid dienone is 1. The first-order valence-electron chi connectivity index (χ1n) is 15.1. The Balaban J connectivity index is 4.01. The van der Waals surface area contributed by atoms with Crippen molar-refractivity contribution in [3.05, 3.63) is 12.2 Å². The maximum Gasteiger partial charge on any atom is 0.336 e.